The van der Waals surface area contributed by atoms with Crippen LogP contribution < -0.4 is 5.32 Å². The molecule has 0 saturated carbocycles. The van der Waals surface area contributed by atoms with Crippen molar-refractivity contribution < 1.29 is 4.79 Å². The molecule has 0 radical (unpaired) electrons. The van der Waals surface area contributed by atoms with Gasteiger partial charge in [0.1, 0.15) is 10.0 Å². The maximum atomic E-state index is 11.9. The van der Waals surface area contributed by atoms with Gasteiger partial charge in [0.15, 0.2) is 0 Å². The Morgan fingerprint density at radius 1 is 1.45 bits per heavy atom. The van der Waals surface area contributed by atoms with Crippen molar-refractivity contribution >= 4 is 29.0 Å². The maximum absolute atomic E-state index is 11.9. The molecule has 0 aliphatic heterocycles. The number of carbonyl (C=O) groups excluding carboxylic acids is 1. The van der Waals surface area contributed by atoms with E-state index in [2.05, 4.69) is 22.3 Å². The summed E-state index contributed by atoms with van der Waals surface area (Å²) in [7, 11) is 0. The number of nitrogens with one attached hydrogen (secondary N) is 1. The zero-order chi connectivity index (χ0) is 14.7. The fourth-order valence-electron chi connectivity index (χ4n) is 1.83. The molecule has 0 bridgehead atoms. The van der Waals surface area contributed by atoms with Crippen molar-refractivity contribution in [2.75, 3.05) is 12.8 Å². The average Bonchev–Trinajstić information content (AvgIpc) is 3.00. The molecule has 0 atom stereocenters. The van der Waals surface area contributed by atoms with Crippen molar-refractivity contribution in [2.24, 2.45) is 0 Å². The lowest BCUT2D eigenvalue weighted by atomic mass is 10.2. The summed E-state index contributed by atoms with van der Waals surface area (Å²) in [6.45, 7) is 7.32. The molecular weight excluding hydrogens is 292 g/mol. The predicted molar refractivity (Wildman–Crippen MR) is 82.7 cm³/mol. The van der Waals surface area contributed by atoms with Crippen molar-refractivity contribution in [1.82, 2.24) is 20.1 Å². The van der Waals surface area contributed by atoms with Crippen LogP contribution in [0.3, 0.4) is 0 Å². The smallest absolute Gasteiger partial charge is 0.270 e. The number of rotatable bonds is 5. The van der Waals surface area contributed by atoms with Crippen LogP contribution in [0, 0.1) is 20.8 Å². The number of aromatic nitrogens is 3. The number of aryl methyl sites for hydroxylation is 1. The second-order valence-electron chi connectivity index (χ2n) is 4.48. The van der Waals surface area contributed by atoms with Crippen LogP contribution in [0.4, 0.5) is 0 Å². The minimum absolute atomic E-state index is 0.125. The molecule has 1 N–H and O–H groups in total. The summed E-state index contributed by atoms with van der Waals surface area (Å²) in [5.74, 6) is -0.125. The van der Waals surface area contributed by atoms with Crippen LogP contribution in [0.5, 0.6) is 0 Å². The predicted octanol–water partition coefficient (Wildman–Crippen LogP) is 2.42. The lowest BCUT2D eigenvalue weighted by Crippen LogP contribution is -2.28. The van der Waals surface area contributed by atoms with E-state index in [1.165, 1.54) is 16.9 Å². The van der Waals surface area contributed by atoms with E-state index in [0.717, 1.165) is 15.7 Å². The van der Waals surface area contributed by atoms with E-state index < -0.39 is 0 Å². The van der Waals surface area contributed by atoms with Crippen LogP contribution in [0.15, 0.2) is 9.72 Å². The Hall–Kier alpha value is -1.34. The standard InChI is InChI=1S/C13H18N4OS2/c1-8-9(2)16-17(10(8)3)6-5-14-12(18)11-7-20-13(15-11)19-4/h7H,5-6H2,1-4H3,(H,14,18). The molecule has 0 unspecified atom stereocenters. The SMILES string of the molecule is CSc1nc(C(=O)NCCn2nc(C)c(C)c2C)cs1. The number of nitrogens with zero attached hydrogens (tertiary/aromatic N) is 3. The van der Waals surface area contributed by atoms with Gasteiger partial charge in [0.2, 0.25) is 0 Å². The Bertz CT molecular complexity index is 618. The zero-order valence-electron chi connectivity index (χ0n) is 12.1. The van der Waals surface area contributed by atoms with Gasteiger partial charge in [-0.05, 0) is 32.6 Å². The zero-order valence-corrected chi connectivity index (χ0v) is 13.7. The maximum Gasteiger partial charge on any atom is 0.270 e. The fourth-order valence-corrected chi connectivity index (χ4v) is 3.07. The largest absolute Gasteiger partial charge is 0.349 e. The molecule has 0 saturated heterocycles. The number of thioether (sulfide) groups is 1. The Morgan fingerprint density at radius 2 is 2.20 bits per heavy atom. The third-order valence-corrected chi connectivity index (χ3v) is 5.11. The van der Waals surface area contributed by atoms with E-state index in [-0.39, 0.29) is 5.91 Å². The first kappa shape index (κ1) is 15.1. The summed E-state index contributed by atoms with van der Waals surface area (Å²) in [6.07, 6.45) is 1.95. The minimum atomic E-state index is -0.125. The van der Waals surface area contributed by atoms with Gasteiger partial charge in [-0.3, -0.25) is 9.48 Å². The molecule has 2 heterocycles. The van der Waals surface area contributed by atoms with Gasteiger partial charge in [0.05, 0.1) is 12.2 Å². The van der Waals surface area contributed by atoms with Crippen molar-refractivity contribution in [2.45, 2.75) is 31.7 Å². The van der Waals surface area contributed by atoms with Crippen LogP contribution >= 0.6 is 23.1 Å². The molecule has 20 heavy (non-hydrogen) atoms. The molecule has 1 amide bonds. The van der Waals surface area contributed by atoms with Crippen molar-refractivity contribution in [3.8, 4) is 0 Å². The van der Waals surface area contributed by atoms with E-state index in [1.54, 1.807) is 17.1 Å². The molecule has 5 nitrogen and oxygen atoms in total. The molecule has 0 aliphatic carbocycles. The van der Waals surface area contributed by atoms with Gasteiger partial charge in [0.25, 0.3) is 5.91 Å². The van der Waals surface area contributed by atoms with Crippen molar-refractivity contribution in [1.29, 1.82) is 0 Å². The van der Waals surface area contributed by atoms with Gasteiger partial charge in [0, 0.05) is 17.6 Å². The van der Waals surface area contributed by atoms with E-state index in [0.29, 0.717) is 18.8 Å². The summed E-state index contributed by atoms with van der Waals surface area (Å²) >= 11 is 3.04. The van der Waals surface area contributed by atoms with Crippen molar-refractivity contribution in [3.63, 3.8) is 0 Å². The quantitative estimate of drug-likeness (QED) is 0.862. The highest BCUT2D eigenvalue weighted by Crippen LogP contribution is 2.19. The Morgan fingerprint density at radius 3 is 2.75 bits per heavy atom. The minimum Gasteiger partial charge on any atom is -0.349 e. The van der Waals surface area contributed by atoms with Crippen LogP contribution in [-0.2, 0) is 6.54 Å². The van der Waals surface area contributed by atoms with Gasteiger partial charge in [-0.1, -0.05) is 11.8 Å². The highest BCUT2D eigenvalue weighted by Gasteiger charge is 2.11. The first-order valence-corrected chi connectivity index (χ1v) is 8.41. The molecule has 0 aromatic carbocycles. The van der Waals surface area contributed by atoms with E-state index >= 15 is 0 Å². The lowest BCUT2D eigenvalue weighted by Gasteiger charge is -2.06. The molecule has 2 aromatic rings. The van der Waals surface area contributed by atoms with Crippen LogP contribution in [-0.4, -0.2) is 33.5 Å². The summed E-state index contributed by atoms with van der Waals surface area (Å²) in [5.41, 5.74) is 3.89. The number of hydrogen-bond donors (Lipinski definition) is 1. The van der Waals surface area contributed by atoms with E-state index in [1.807, 2.05) is 24.8 Å². The normalized spacial score (nSPS) is 10.8. The van der Waals surface area contributed by atoms with Gasteiger partial charge in [-0.15, -0.1) is 11.3 Å². The fraction of sp³-hybridized carbons (Fsp3) is 0.462. The average molecular weight is 310 g/mol. The van der Waals surface area contributed by atoms with Gasteiger partial charge < -0.3 is 5.32 Å². The summed E-state index contributed by atoms with van der Waals surface area (Å²) in [4.78, 5) is 16.2. The Labute approximate surface area is 126 Å². The summed E-state index contributed by atoms with van der Waals surface area (Å²) in [5, 5.41) is 9.11. The van der Waals surface area contributed by atoms with E-state index in [4.69, 9.17) is 0 Å². The van der Waals surface area contributed by atoms with E-state index in [9.17, 15) is 4.79 Å². The van der Waals surface area contributed by atoms with Gasteiger partial charge in [-0.2, -0.15) is 5.10 Å². The van der Waals surface area contributed by atoms with Gasteiger partial charge >= 0.3 is 0 Å². The third-order valence-electron chi connectivity index (χ3n) is 3.24. The van der Waals surface area contributed by atoms with Crippen LogP contribution in [0.25, 0.3) is 0 Å². The van der Waals surface area contributed by atoms with Crippen LogP contribution in [0.1, 0.15) is 27.4 Å². The molecular formula is C13H18N4OS2. The lowest BCUT2D eigenvalue weighted by molar-refractivity contribution is 0.0947. The Kier molecular flexibility index (Phi) is 4.82. The highest BCUT2D eigenvalue weighted by molar-refractivity contribution is 8.00. The molecule has 0 fully saturated rings. The molecule has 108 valence electrons. The van der Waals surface area contributed by atoms with Crippen molar-refractivity contribution in [3.05, 3.63) is 28.0 Å². The second kappa shape index (κ2) is 6.41. The molecule has 0 spiro atoms. The highest BCUT2D eigenvalue weighted by atomic mass is 32.2. The number of carbonyl (C=O) groups is 1. The monoisotopic (exact) mass is 310 g/mol. The number of thiazole rings is 1. The topological polar surface area (TPSA) is 59.8 Å². The third kappa shape index (κ3) is 3.21. The Balaban J connectivity index is 1.89. The first-order chi connectivity index (χ1) is 9.52. The van der Waals surface area contributed by atoms with Crippen LogP contribution in [0.2, 0.25) is 0 Å². The summed E-state index contributed by atoms with van der Waals surface area (Å²) in [6, 6.07) is 0. The molecule has 7 heteroatoms. The first-order valence-electron chi connectivity index (χ1n) is 6.31. The number of amides is 1. The molecule has 2 rings (SSSR count). The number of hydrogen-bond acceptors (Lipinski definition) is 5. The molecule has 0 aliphatic rings. The second-order valence-corrected chi connectivity index (χ2v) is 6.39. The summed E-state index contributed by atoms with van der Waals surface area (Å²) < 4.78 is 2.84. The molecule has 2 aromatic heterocycles. The van der Waals surface area contributed by atoms with Gasteiger partial charge in [-0.25, -0.2) is 4.98 Å².